The van der Waals surface area contributed by atoms with Crippen LogP contribution in [0.3, 0.4) is 0 Å². The highest BCUT2D eigenvalue weighted by molar-refractivity contribution is 9.10. The average molecular weight is 342 g/mol. The third-order valence-corrected chi connectivity index (χ3v) is 3.90. The van der Waals surface area contributed by atoms with Gasteiger partial charge in [-0.05, 0) is 36.5 Å². The molecule has 2 N–H and O–H groups in total. The van der Waals surface area contributed by atoms with Crippen molar-refractivity contribution in [2.24, 2.45) is 5.92 Å². The number of benzene rings is 1. The minimum absolute atomic E-state index is 0.0444. The average Bonchev–Trinajstić information content (AvgIpc) is 3.23. The summed E-state index contributed by atoms with van der Waals surface area (Å²) in [6.45, 7) is 1.61. The maximum Gasteiger partial charge on any atom is 0.223 e. The molecule has 1 aromatic rings. The highest BCUT2D eigenvalue weighted by atomic mass is 79.9. The highest BCUT2D eigenvalue weighted by Gasteiger charge is 2.43. The van der Waals surface area contributed by atoms with Gasteiger partial charge in [0.05, 0.1) is 13.2 Å². The van der Waals surface area contributed by atoms with E-state index in [-0.39, 0.29) is 18.4 Å². The number of aliphatic hydroxyl groups is 1. The number of ether oxygens (including phenoxy) is 1. The van der Waals surface area contributed by atoms with Gasteiger partial charge in [-0.25, -0.2) is 0 Å². The van der Waals surface area contributed by atoms with Crippen molar-refractivity contribution in [3.63, 3.8) is 0 Å². The zero-order valence-corrected chi connectivity index (χ0v) is 12.9. The summed E-state index contributed by atoms with van der Waals surface area (Å²) in [5, 5.41) is 11.5. The van der Waals surface area contributed by atoms with Crippen molar-refractivity contribution in [1.82, 2.24) is 5.32 Å². The lowest BCUT2D eigenvalue weighted by molar-refractivity contribution is -0.122. The molecule has 1 saturated carbocycles. The smallest absolute Gasteiger partial charge is 0.223 e. The first kappa shape index (κ1) is 15.5. The molecule has 1 aliphatic rings. The zero-order chi connectivity index (χ0) is 14.4. The molecule has 2 rings (SSSR count). The van der Waals surface area contributed by atoms with Crippen LogP contribution < -0.4 is 5.32 Å². The number of hydrogen-bond donors (Lipinski definition) is 2. The van der Waals surface area contributed by atoms with E-state index >= 15 is 0 Å². The molecule has 110 valence electrons. The Morgan fingerprint density at radius 1 is 1.45 bits per heavy atom. The molecule has 2 atom stereocenters. The van der Waals surface area contributed by atoms with E-state index in [2.05, 4.69) is 33.4 Å². The summed E-state index contributed by atoms with van der Waals surface area (Å²) in [7, 11) is 0. The van der Waals surface area contributed by atoms with Crippen molar-refractivity contribution in [1.29, 1.82) is 0 Å². The molecule has 0 bridgehead atoms. The van der Waals surface area contributed by atoms with E-state index in [0.717, 1.165) is 17.3 Å². The molecule has 1 fully saturated rings. The van der Waals surface area contributed by atoms with Crippen molar-refractivity contribution in [3.8, 4) is 0 Å². The van der Waals surface area contributed by atoms with Gasteiger partial charge in [-0.3, -0.25) is 4.79 Å². The summed E-state index contributed by atoms with van der Waals surface area (Å²) >= 11 is 3.45. The Labute approximate surface area is 127 Å². The van der Waals surface area contributed by atoms with Crippen molar-refractivity contribution >= 4 is 21.8 Å². The number of amides is 1. The fraction of sp³-hybridized carbons (Fsp3) is 0.533. The van der Waals surface area contributed by atoms with E-state index in [1.807, 2.05) is 12.1 Å². The van der Waals surface area contributed by atoms with Crippen LogP contribution in [0.5, 0.6) is 0 Å². The van der Waals surface area contributed by atoms with Gasteiger partial charge < -0.3 is 15.2 Å². The second-order valence-corrected chi connectivity index (χ2v) is 5.90. The van der Waals surface area contributed by atoms with Gasteiger partial charge in [0, 0.05) is 23.5 Å². The van der Waals surface area contributed by atoms with Gasteiger partial charge in [0.2, 0.25) is 5.91 Å². The molecule has 4 nitrogen and oxygen atoms in total. The number of carbonyl (C=O) groups excluding carboxylic acids is 1. The molecule has 5 heteroatoms. The zero-order valence-electron chi connectivity index (χ0n) is 11.3. The molecule has 0 spiro atoms. The molecule has 0 aromatic heterocycles. The predicted molar refractivity (Wildman–Crippen MR) is 80.5 cm³/mol. The molecule has 20 heavy (non-hydrogen) atoms. The van der Waals surface area contributed by atoms with Crippen LogP contribution in [0.1, 0.15) is 24.3 Å². The Morgan fingerprint density at radius 3 is 3.05 bits per heavy atom. The molecule has 1 aliphatic carbocycles. The Balaban J connectivity index is 1.66. The fourth-order valence-electron chi connectivity index (χ4n) is 2.27. The van der Waals surface area contributed by atoms with Crippen molar-refractivity contribution < 1.29 is 14.6 Å². The molecular weight excluding hydrogens is 322 g/mol. The SMILES string of the molecule is O=C(NCCCOCCO)C1CC1c1cccc(Br)c1. The van der Waals surface area contributed by atoms with E-state index in [9.17, 15) is 4.79 Å². The van der Waals surface area contributed by atoms with Crippen LogP contribution in [0.25, 0.3) is 0 Å². The fourth-order valence-corrected chi connectivity index (χ4v) is 2.69. The first-order valence-corrected chi connectivity index (χ1v) is 7.73. The van der Waals surface area contributed by atoms with Crippen LogP contribution in [-0.4, -0.2) is 37.4 Å². The predicted octanol–water partition coefficient (Wildman–Crippen LogP) is 2.07. The minimum Gasteiger partial charge on any atom is -0.394 e. The summed E-state index contributed by atoms with van der Waals surface area (Å²) in [6, 6.07) is 8.16. The quantitative estimate of drug-likeness (QED) is 0.711. The Bertz CT molecular complexity index is 452. The molecule has 1 aromatic carbocycles. The van der Waals surface area contributed by atoms with Crippen LogP contribution in [0.2, 0.25) is 0 Å². The first-order valence-electron chi connectivity index (χ1n) is 6.94. The van der Waals surface area contributed by atoms with Gasteiger partial charge >= 0.3 is 0 Å². The number of rotatable bonds is 8. The largest absolute Gasteiger partial charge is 0.394 e. The van der Waals surface area contributed by atoms with E-state index in [4.69, 9.17) is 9.84 Å². The number of aliphatic hydroxyl groups excluding tert-OH is 1. The summed E-state index contributed by atoms with van der Waals surface area (Å²) in [4.78, 5) is 12.0. The molecule has 0 radical (unpaired) electrons. The van der Waals surface area contributed by atoms with Gasteiger partial charge in [-0.15, -0.1) is 0 Å². The maximum absolute atomic E-state index is 12.0. The lowest BCUT2D eigenvalue weighted by Gasteiger charge is -2.06. The summed E-state index contributed by atoms with van der Waals surface area (Å²) in [5.74, 6) is 0.609. The van der Waals surface area contributed by atoms with Crippen molar-refractivity contribution in [3.05, 3.63) is 34.3 Å². The maximum atomic E-state index is 12.0. The molecule has 0 saturated heterocycles. The molecule has 2 unspecified atom stereocenters. The minimum atomic E-state index is 0.0444. The number of halogens is 1. The first-order chi connectivity index (χ1) is 9.72. The normalized spacial score (nSPS) is 20.7. The Morgan fingerprint density at radius 2 is 2.30 bits per heavy atom. The molecular formula is C15H20BrNO3. The summed E-state index contributed by atoms with van der Waals surface area (Å²) < 4.78 is 6.20. The van der Waals surface area contributed by atoms with E-state index in [1.54, 1.807) is 0 Å². The standard InChI is InChI=1S/C15H20BrNO3/c16-12-4-1-3-11(9-12)13-10-14(13)15(19)17-5-2-7-20-8-6-18/h1,3-4,9,13-14,18H,2,5-8,10H2,(H,17,19). The van der Waals surface area contributed by atoms with Crippen LogP contribution in [0.4, 0.5) is 0 Å². The lowest BCUT2D eigenvalue weighted by Crippen LogP contribution is -2.27. The van der Waals surface area contributed by atoms with Crippen LogP contribution in [-0.2, 0) is 9.53 Å². The molecule has 0 heterocycles. The molecule has 0 aliphatic heterocycles. The second-order valence-electron chi connectivity index (χ2n) is 4.98. The molecule has 1 amide bonds. The van der Waals surface area contributed by atoms with Crippen molar-refractivity contribution in [2.45, 2.75) is 18.8 Å². The third kappa shape index (κ3) is 4.58. The van der Waals surface area contributed by atoms with Crippen LogP contribution in [0, 0.1) is 5.92 Å². The van der Waals surface area contributed by atoms with Crippen LogP contribution >= 0.6 is 15.9 Å². The Hall–Kier alpha value is -0.910. The van der Waals surface area contributed by atoms with E-state index < -0.39 is 0 Å². The van der Waals surface area contributed by atoms with Crippen molar-refractivity contribution in [2.75, 3.05) is 26.4 Å². The monoisotopic (exact) mass is 341 g/mol. The number of carbonyl (C=O) groups is 1. The van der Waals surface area contributed by atoms with Gasteiger partial charge in [-0.1, -0.05) is 28.1 Å². The van der Waals surface area contributed by atoms with E-state index in [1.165, 1.54) is 5.56 Å². The second kappa shape index (κ2) is 7.76. The lowest BCUT2D eigenvalue weighted by atomic mass is 10.1. The Kier molecular flexibility index (Phi) is 6.01. The topological polar surface area (TPSA) is 58.6 Å². The summed E-state index contributed by atoms with van der Waals surface area (Å²) in [6.07, 6.45) is 1.71. The summed E-state index contributed by atoms with van der Waals surface area (Å²) in [5.41, 5.74) is 1.23. The van der Waals surface area contributed by atoms with Gasteiger partial charge in [0.15, 0.2) is 0 Å². The van der Waals surface area contributed by atoms with Gasteiger partial charge in [0.25, 0.3) is 0 Å². The third-order valence-electron chi connectivity index (χ3n) is 3.40. The van der Waals surface area contributed by atoms with Crippen LogP contribution in [0.15, 0.2) is 28.7 Å². The van der Waals surface area contributed by atoms with E-state index in [0.29, 0.717) is 25.7 Å². The number of hydrogen-bond acceptors (Lipinski definition) is 3. The van der Waals surface area contributed by atoms with Gasteiger partial charge in [0.1, 0.15) is 0 Å². The number of nitrogens with one attached hydrogen (secondary N) is 1. The highest BCUT2D eigenvalue weighted by Crippen LogP contribution is 2.47. The van der Waals surface area contributed by atoms with Gasteiger partial charge in [-0.2, -0.15) is 0 Å².